The Kier molecular flexibility index (Phi) is 3.62. The van der Waals surface area contributed by atoms with Crippen molar-refractivity contribution in [3.63, 3.8) is 0 Å². The average molecular weight is 310 g/mol. The fourth-order valence-corrected chi connectivity index (χ4v) is 1.85. The number of nitrogens with one attached hydrogen (secondary N) is 1. The van der Waals surface area contributed by atoms with Crippen molar-refractivity contribution in [2.45, 2.75) is 0 Å². The second-order valence-corrected chi connectivity index (χ2v) is 4.54. The smallest absolute Gasteiger partial charge is 0.259 e. The van der Waals surface area contributed by atoms with Crippen LogP contribution in [0.2, 0.25) is 0 Å². The van der Waals surface area contributed by atoms with Crippen LogP contribution >= 0.6 is 15.9 Å². The summed E-state index contributed by atoms with van der Waals surface area (Å²) >= 11 is 3.27. The molecule has 0 aromatic heterocycles. The van der Waals surface area contributed by atoms with Crippen molar-refractivity contribution in [1.82, 2.24) is 0 Å². The third-order valence-corrected chi connectivity index (χ3v) is 2.78. The molecular weight excluding hydrogens is 301 g/mol. The molecule has 0 fully saturated rings. The average Bonchev–Trinajstić information content (AvgIpc) is 2.32. The number of anilines is 1. The molecule has 0 aliphatic rings. The molecule has 0 unspecified atom stereocenters. The third-order valence-electron chi connectivity index (χ3n) is 2.29. The number of hydrogen-bond acceptors (Lipinski definition) is 2. The summed E-state index contributed by atoms with van der Waals surface area (Å²) < 4.78 is 13.8. The number of halogens is 2. The van der Waals surface area contributed by atoms with Crippen molar-refractivity contribution < 1.29 is 14.3 Å². The number of phenolic OH excluding ortho intramolecular Hbond substituents is 1. The molecule has 1 amide bonds. The summed E-state index contributed by atoms with van der Waals surface area (Å²) in [5.41, 5.74) is 0.452. The standard InChI is InChI=1S/C13H9BrFNO2/c14-8-2-1-3-10(6-8)16-13(18)11-7-9(15)4-5-12(11)17/h1-7,17H,(H,16,18). The molecule has 0 saturated carbocycles. The van der Waals surface area contributed by atoms with Crippen LogP contribution in [0.3, 0.4) is 0 Å². The van der Waals surface area contributed by atoms with Crippen molar-refractivity contribution >= 4 is 27.5 Å². The van der Waals surface area contributed by atoms with Gasteiger partial charge < -0.3 is 10.4 Å². The number of carbonyl (C=O) groups excluding carboxylic acids is 1. The van der Waals surface area contributed by atoms with Crippen LogP contribution in [0.25, 0.3) is 0 Å². The van der Waals surface area contributed by atoms with Crippen molar-refractivity contribution in [2.75, 3.05) is 5.32 Å². The second kappa shape index (κ2) is 5.18. The molecule has 92 valence electrons. The first-order valence-electron chi connectivity index (χ1n) is 5.12. The number of phenols is 1. The molecule has 0 aliphatic heterocycles. The summed E-state index contributed by atoms with van der Waals surface area (Å²) in [6.45, 7) is 0. The van der Waals surface area contributed by atoms with E-state index in [0.29, 0.717) is 5.69 Å². The van der Waals surface area contributed by atoms with Crippen LogP contribution < -0.4 is 5.32 Å². The number of amides is 1. The van der Waals surface area contributed by atoms with Gasteiger partial charge in [0.05, 0.1) is 5.56 Å². The largest absolute Gasteiger partial charge is 0.507 e. The first-order chi connectivity index (χ1) is 8.56. The minimum atomic E-state index is -0.577. The summed E-state index contributed by atoms with van der Waals surface area (Å²) in [5.74, 6) is -1.40. The van der Waals surface area contributed by atoms with Crippen molar-refractivity contribution in [3.05, 3.63) is 58.3 Å². The minimum absolute atomic E-state index is 0.102. The summed E-state index contributed by atoms with van der Waals surface area (Å²) in [6, 6.07) is 10.2. The van der Waals surface area contributed by atoms with Gasteiger partial charge in [0.2, 0.25) is 0 Å². The molecule has 0 saturated heterocycles. The summed E-state index contributed by atoms with van der Waals surface area (Å²) in [4.78, 5) is 11.8. The Hall–Kier alpha value is -1.88. The molecule has 18 heavy (non-hydrogen) atoms. The van der Waals surface area contributed by atoms with Gasteiger partial charge in [0.1, 0.15) is 11.6 Å². The summed E-state index contributed by atoms with van der Waals surface area (Å²) in [7, 11) is 0. The highest BCUT2D eigenvalue weighted by molar-refractivity contribution is 9.10. The molecule has 5 heteroatoms. The molecule has 0 heterocycles. The zero-order valence-corrected chi connectivity index (χ0v) is 10.7. The summed E-state index contributed by atoms with van der Waals surface area (Å²) in [6.07, 6.45) is 0. The fraction of sp³-hybridized carbons (Fsp3) is 0. The monoisotopic (exact) mass is 309 g/mol. The molecule has 3 nitrogen and oxygen atoms in total. The van der Waals surface area contributed by atoms with Crippen LogP contribution in [0, 0.1) is 5.82 Å². The number of carbonyl (C=O) groups is 1. The Morgan fingerprint density at radius 3 is 2.72 bits per heavy atom. The highest BCUT2D eigenvalue weighted by atomic mass is 79.9. The van der Waals surface area contributed by atoms with Crippen LogP contribution in [-0.2, 0) is 0 Å². The topological polar surface area (TPSA) is 49.3 Å². The Morgan fingerprint density at radius 2 is 2.00 bits per heavy atom. The number of hydrogen-bond donors (Lipinski definition) is 2. The molecular formula is C13H9BrFNO2. The predicted octanol–water partition coefficient (Wildman–Crippen LogP) is 3.55. The minimum Gasteiger partial charge on any atom is -0.507 e. The second-order valence-electron chi connectivity index (χ2n) is 3.63. The fourth-order valence-electron chi connectivity index (χ4n) is 1.45. The van der Waals surface area contributed by atoms with Crippen molar-refractivity contribution in [1.29, 1.82) is 0 Å². The predicted molar refractivity (Wildman–Crippen MR) is 70.2 cm³/mol. The lowest BCUT2D eigenvalue weighted by Gasteiger charge is -2.07. The van der Waals surface area contributed by atoms with E-state index in [2.05, 4.69) is 21.2 Å². The first-order valence-corrected chi connectivity index (χ1v) is 5.91. The quantitative estimate of drug-likeness (QED) is 0.891. The SMILES string of the molecule is O=C(Nc1cccc(Br)c1)c1cc(F)ccc1O. The van der Waals surface area contributed by atoms with Crippen LogP contribution in [0.4, 0.5) is 10.1 Å². The molecule has 2 aromatic rings. The van der Waals surface area contributed by atoms with Gasteiger partial charge in [-0.1, -0.05) is 22.0 Å². The van der Waals surface area contributed by atoms with Crippen LogP contribution in [0.5, 0.6) is 5.75 Å². The van der Waals surface area contributed by atoms with E-state index in [-0.39, 0.29) is 11.3 Å². The first kappa shape index (κ1) is 12.6. The van der Waals surface area contributed by atoms with E-state index in [4.69, 9.17) is 0 Å². The van der Waals surface area contributed by atoms with E-state index in [0.717, 1.165) is 22.7 Å². The van der Waals surface area contributed by atoms with E-state index in [9.17, 15) is 14.3 Å². The maximum atomic E-state index is 13.0. The van der Waals surface area contributed by atoms with Crippen LogP contribution in [-0.4, -0.2) is 11.0 Å². The van der Waals surface area contributed by atoms with Gasteiger partial charge in [0.15, 0.2) is 0 Å². The summed E-state index contributed by atoms with van der Waals surface area (Å²) in [5, 5.41) is 12.1. The van der Waals surface area contributed by atoms with Gasteiger partial charge in [0, 0.05) is 10.2 Å². The number of aromatic hydroxyl groups is 1. The van der Waals surface area contributed by atoms with Gasteiger partial charge in [0.25, 0.3) is 5.91 Å². The van der Waals surface area contributed by atoms with Gasteiger partial charge in [-0.3, -0.25) is 4.79 Å². The highest BCUT2D eigenvalue weighted by Gasteiger charge is 2.12. The maximum Gasteiger partial charge on any atom is 0.259 e. The lowest BCUT2D eigenvalue weighted by molar-refractivity contribution is 0.102. The van der Waals surface area contributed by atoms with Gasteiger partial charge >= 0.3 is 0 Å². The highest BCUT2D eigenvalue weighted by Crippen LogP contribution is 2.21. The molecule has 0 bridgehead atoms. The number of benzene rings is 2. The normalized spacial score (nSPS) is 10.1. The van der Waals surface area contributed by atoms with Gasteiger partial charge in [-0.2, -0.15) is 0 Å². The Morgan fingerprint density at radius 1 is 1.22 bits per heavy atom. The molecule has 2 aromatic carbocycles. The van der Waals surface area contributed by atoms with Crippen molar-refractivity contribution in [3.8, 4) is 5.75 Å². The molecule has 0 atom stereocenters. The zero-order valence-electron chi connectivity index (χ0n) is 9.15. The Labute approximate surface area is 111 Å². The van der Waals surface area contributed by atoms with E-state index in [1.165, 1.54) is 0 Å². The van der Waals surface area contributed by atoms with Gasteiger partial charge in [-0.05, 0) is 36.4 Å². The lowest BCUT2D eigenvalue weighted by Crippen LogP contribution is -2.12. The Bertz CT molecular complexity index is 601. The molecule has 0 spiro atoms. The van der Waals surface area contributed by atoms with E-state index in [1.54, 1.807) is 18.2 Å². The van der Waals surface area contributed by atoms with E-state index < -0.39 is 11.7 Å². The third kappa shape index (κ3) is 2.87. The van der Waals surface area contributed by atoms with E-state index >= 15 is 0 Å². The molecule has 2 N–H and O–H groups in total. The molecule has 2 rings (SSSR count). The lowest BCUT2D eigenvalue weighted by atomic mass is 10.1. The van der Waals surface area contributed by atoms with Gasteiger partial charge in [-0.25, -0.2) is 4.39 Å². The molecule has 0 aliphatic carbocycles. The van der Waals surface area contributed by atoms with Crippen LogP contribution in [0.15, 0.2) is 46.9 Å². The Balaban J connectivity index is 2.24. The zero-order chi connectivity index (χ0) is 13.1. The van der Waals surface area contributed by atoms with E-state index in [1.807, 2.05) is 6.07 Å². The molecule has 0 radical (unpaired) electrons. The maximum absolute atomic E-state index is 13.0. The van der Waals surface area contributed by atoms with Crippen LogP contribution in [0.1, 0.15) is 10.4 Å². The van der Waals surface area contributed by atoms with Gasteiger partial charge in [-0.15, -0.1) is 0 Å². The van der Waals surface area contributed by atoms with Crippen molar-refractivity contribution in [2.24, 2.45) is 0 Å². The number of rotatable bonds is 2.